The van der Waals surface area contributed by atoms with Crippen molar-refractivity contribution in [2.75, 3.05) is 14.2 Å². The Kier molecular flexibility index (Phi) is 4.43. The Labute approximate surface area is 123 Å². The standard InChI is InChI=1S/C15H19ClO4/c1-8-12(16)6-11(15(20-3)14(8)19-2)10(7-13(17)18)9-4-5-9/h6,9-10H,4-5,7H2,1-3H3,(H,17,18). The van der Waals surface area contributed by atoms with Crippen molar-refractivity contribution in [3.63, 3.8) is 0 Å². The summed E-state index contributed by atoms with van der Waals surface area (Å²) in [6.45, 7) is 1.86. The van der Waals surface area contributed by atoms with Crippen LogP contribution in [0.15, 0.2) is 6.07 Å². The smallest absolute Gasteiger partial charge is 0.303 e. The molecule has 1 fully saturated rings. The van der Waals surface area contributed by atoms with E-state index in [9.17, 15) is 4.79 Å². The maximum atomic E-state index is 11.1. The number of rotatable bonds is 6. The van der Waals surface area contributed by atoms with Crippen molar-refractivity contribution in [2.24, 2.45) is 5.92 Å². The van der Waals surface area contributed by atoms with Crippen molar-refractivity contribution in [2.45, 2.75) is 32.1 Å². The van der Waals surface area contributed by atoms with Crippen LogP contribution in [0, 0.1) is 12.8 Å². The minimum atomic E-state index is -0.806. The van der Waals surface area contributed by atoms with Crippen LogP contribution in [0.25, 0.3) is 0 Å². The third-order valence-electron chi connectivity index (χ3n) is 3.84. The fourth-order valence-corrected chi connectivity index (χ4v) is 2.87. The van der Waals surface area contributed by atoms with Gasteiger partial charge in [-0.15, -0.1) is 0 Å². The van der Waals surface area contributed by atoms with Crippen LogP contribution in [-0.4, -0.2) is 25.3 Å². The molecule has 1 aliphatic rings. The van der Waals surface area contributed by atoms with E-state index in [1.807, 2.05) is 13.0 Å². The van der Waals surface area contributed by atoms with Gasteiger partial charge in [-0.05, 0) is 31.7 Å². The first-order chi connectivity index (χ1) is 9.49. The molecule has 20 heavy (non-hydrogen) atoms. The molecule has 0 amide bonds. The molecule has 0 heterocycles. The summed E-state index contributed by atoms with van der Waals surface area (Å²) in [7, 11) is 3.13. The van der Waals surface area contributed by atoms with E-state index in [0.29, 0.717) is 22.4 Å². The van der Waals surface area contributed by atoms with Crippen LogP contribution in [0.1, 0.15) is 36.3 Å². The molecule has 5 heteroatoms. The van der Waals surface area contributed by atoms with E-state index in [0.717, 1.165) is 24.0 Å². The number of carboxylic acid groups (broad SMARTS) is 1. The Balaban J connectivity index is 2.52. The van der Waals surface area contributed by atoms with Crippen molar-refractivity contribution < 1.29 is 19.4 Å². The van der Waals surface area contributed by atoms with Gasteiger partial charge in [-0.3, -0.25) is 4.79 Å². The summed E-state index contributed by atoms with van der Waals surface area (Å²) >= 11 is 6.25. The van der Waals surface area contributed by atoms with Gasteiger partial charge in [-0.25, -0.2) is 0 Å². The second kappa shape index (κ2) is 5.92. The van der Waals surface area contributed by atoms with Crippen LogP contribution in [-0.2, 0) is 4.79 Å². The zero-order valence-electron chi connectivity index (χ0n) is 11.9. The van der Waals surface area contributed by atoms with E-state index in [1.165, 1.54) is 0 Å². The molecule has 1 N–H and O–H groups in total. The van der Waals surface area contributed by atoms with Gasteiger partial charge < -0.3 is 14.6 Å². The van der Waals surface area contributed by atoms with E-state index < -0.39 is 5.97 Å². The molecule has 0 aliphatic heterocycles. The summed E-state index contributed by atoms with van der Waals surface area (Å²) in [5.74, 6) is 0.705. The second-order valence-electron chi connectivity index (χ2n) is 5.18. The van der Waals surface area contributed by atoms with Gasteiger partial charge in [0.25, 0.3) is 0 Å². The fraction of sp³-hybridized carbons (Fsp3) is 0.533. The summed E-state index contributed by atoms with van der Waals surface area (Å²) in [6, 6.07) is 1.82. The largest absolute Gasteiger partial charge is 0.493 e. The van der Waals surface area contributed by atoms with Gasteiger partial charge in [0.2, 0.25) is 0 Å². The molecule has 1 saturated carbocycles. The first-order valence-corrected chi connectivity index (χ1v) is 7.00. The first kappa shape index (κ1) is 15.0. The van der Waals surface area contributed by atoms with Gasteiger partial charge in [-0.2, -0.15) is 0 Å². The highest BCUT2D eigenvalue weighted by Gasteiger charge is 2.36. The number of aliphatic carboxylic acids is 1. The van der Waals surface area contributed by atoms with Crippen LogP contribution >= 0.6 is 11.6 Å². The quantitative estimate of drug-likeness (QED) is 0.871. The van der Waals surface area contributed by atoms with Crippen molar-refractivity contribution in [1.29, 1.82) is 0 Å². The molecule has 110 valence electrons. The van der Waals surface area contributed by atoms with Gasteiger partial charge in [0, 0.05) is 22.1 Å². The molecule has 1 unspecified atom stereocenters. The van der Waals surface area contributed by atoms with E-state index in [-0.39, 0.29) is 12.3 Å². The SMILES string of the molecule is COc1c(C(CC(=O)O)C2CC2)cc(Cl)c(C)c1OC. The highest BCUT2D eigenvalue weighted by molar-refractivity contribution is 6.31. The number of benzene rings is 1. The normalized spacial score (nSPS) is 15.8. The lowest BCUT2D eigenvalue weighted by Crippen LogP contribution is -2.11. The molecule has 4 nitrogen and oxygen atoms in total. The Bertz CT molecular complexity index is 523. The van der Waals surface area contributed by atoms with Gasteiger partial charge in [0.15, 0.2) is 11.5 Å². The van der Waals surface area contributed by atoms with Gasteiger partial charge in [-0.1, -0.05) is 11.6 Å². The number of carbonyl (C=O) groups is 1. The summed E-state index contributed by atoms with van der Waals surface area (Å²) in [6.07, 6.45) is 2.19. The second-order valence-corrected chi connectivity index (χ2v) is 5.59. The Hall–Kier alpha value is -1.42. The topological polar surface area (TPSA) is 55.8 Å². The lowest BCUT2D eigenvalue weighted by molar-refractivity contribution is -0.137. The zero-order valence-corrected chi connectivity index (χ0v) is 12.7. The molecule has 1 aromatic rings. The van der Waals surface area contributed by atoms with Crippen LogP contribution < -0.4 is 9.47 Å². The Morgan fingerprint density at radius 1 is 1.40 bits per heavy atom. The van der Waals surface area contributed by atoms with Crippen molar-refractivity contribution in [1.82, 2.24) is 0 Å². The maximum absolute atomic E-state index is 11.1. The van der Waals surface area contributed by atoms with Crippen molar-refractivity contribution >= 4 is 17.6 Å². The van der Waals surface area contributed by atoms with Gasteiger partial charge >= 0.3 is 5.97 Å². The number of carboxylic acids is 1. The van der Waals surface area contributed by atoms with Crippen LogP contribution in [0.2, 0.25) is 5.02 Å². The Morgan fingerprint density at radius 3 is 2.45 bits per heavy atom. The van der Waals surface area contributed by atoms with Crippen LogP contribution in [0.5, 0.6) is 11.5 Å². The molecule has 0 saturated heterocycles. The number of ether oxygens (including phenoxy) is 2. The Morgan fingerprint density at radius 2 is 2.00 bits per heavy atom. The number of methoxy groups -OCH3 is 2. The first-order valence-electron chi connectivity index (χ1n) is 6.62. The summed E-state index contributed by atoms with van der Waals surface area (Å²) < 4.78 is 10.9. The number of hydrogen-bond donors (Lipinski definition) is 1. The minimum absolute atomic E-state index is 0.0746. The lowest BCUT2D eigenvalue weighted by Gasteiger charge is -2.22. The van der Waals surface area contributed by atoms with E-state index in [1.54, 1.807) is 14.2 Å². The highest BCUT2D eigenvalue weighted by atomic mass is 35.5. The highest BCUT2D eigenvalue weighted by Crippen LogP contribution is 2.50. The minimum Gasteiger partial charge on any atom is -0.493 e. The molecule has 0 bridgehead atoms. The molecule has 0 radical (unpaired) electrons. The number of halogens is 1. The fourth-order valence-electron chi connectivity index (χ4n) is 2.67. The van der Waals surface area contributed by atoms with Crippen molar-refractivity contribution in [3.8, 4) is 11.5 Å². The average molecular weight is 299 g/mol. The summed E-state index contributed by atoms with van der Waals surface area (Å²) in [4.78, 5) is 11.1. The molecule has 0 spiro atoms. The molecule has 2 rings (SSSR count). The van der Waals surface area contributed by atoms with Crippen molar-refractivity contribution in [3.05, 3.63) is 22.2 Å². The van der Waals surface area contributed by atoms with E-state index >= 15 is 0 Å². The van der Waals surface area contributed by atoms with Crippen LogP contribution in [0.4, 0.5) is 0 Å². The molecular weight excluding hydrogens is 280 g/mol. The summed E-state index contributed by atoms with van der Waals surface area (Å²) in [5.41, 5.74) is 1.64. The van der Waals surface area contributed by atoms with E-state index in [2.05, 4.69) is 0 Å². The van der Waals surface area contributed by atoms with Crippen LogP contribution in [0.3, 0.4) is 0 Å². The average Bonchev–Trinajstić information content (AvgIpc) is 3.22. The maximum Gasteiger partial charge on any atom is 0.303 e. The molecule has 1 aromatic carbocycles. The lowest BCUT2D eigenvalue weighted by atomic mass is 9.89. The molecular formula is C15H19ClO4. The van der Waals surface area contributed by atoms with Gasteiger partial charge in [0.05, 0.1) is 20.6 Å². The predicted molar refractivity (Wildman–Crippen MR) is 77.0 cm³/mol. The third-order valence-corrected chi connectivity index (χ3v) is 4.24. The molecule has 1 aliphatic carbocycles. The predicted octanol–water partition coefficient (Wildman–Crippen LogP) is 3.63. The van der Waals surface area contributed by atoms with E-state index in [4.69, 9.17) is 26.2 Å². The third kappa shape index (κ3) is 2.85. The molecule has 0 aromatic heterocycles. The monoisotopic (exact) mass is 298 g/mol. The van der Waals surface area contributed by atoms with Gasteiger partial charge in [0.1, 0.15) is 0 Å². The summed E-state index contributed by atoms with van der Waals surface area (Å²) in [5, 5.41) is 9.71. The number of hydrogen-bond acceptors (Lipinski definition) is 3. The molecule has 1 atom stereocenters. The zero-order chi connectivity index (χ0) is 14.9.